The van der Waals surface area contributed by atoms with E-state index in [1.54, 1.807) is 6.07 Å². The minimum atomic E-state index is -3.52. The SMILES string of the molecule is CCOc1ccc(S(=O)(=O)NC2CC2CC)cc1CO. The number of aliphatic hydroxyl groups is 1. The molecule has 1 aromatic rings. The Labute approximate surface area is 120 Å². The first-order chi connectivity index (χ1) is 9.51. The van der Waals surface area contributed by atoms with Crippen LogP contribution in [0.4, 0.5) is 0 Å². The highest BCUT2D eigenvalue weighted by Gasteiger charge is 2.38. The average Bonchev–Trinajstić information content (AvgIpc) is 3.16. The topological polar surface area (TPSA) is 75.6 Å². The molecule has 0 saturated heterocycles. The summed E-state index contributed by atoms with van der Waals surface area (Å²) in [6, 6.07) is 4.62. The van der Waals surface area contributed by atoms with Crippen molar-refractivity contribution in [1.82, 2.24) is 4.72 Å². The van der Waals surface area contributed by atoms with Crippen molar-refractivity contribution in [2.24, 2.45) is 5.92 Å². The maximum absolute atomic E-state index is 12.2. The predicted octanol–water partition coefficient (Wildman–Crippen LogP) is 1.65. The Morgan fingerprint density at radius 3 is 2.70 bits per heavy atom. The summed E-state index contributed by atoms with van der Waals surface area (Å²) in [7, 11) is -3.52. The zero-order chi connectivity index (χ0) is 14.8. The number of sulfonamides is 1. The molecule has 112 valence electrons. The lowest BCUT2D eigenvalue weighted by atomic mass is 10.2. The summed E-state index contributed by atoms with van der Waals surface area (Å²) in [6.45, 7) is 4.11. The number of nitrogens with one attached hydrogen (secondary N) is 1. The van der Waals surface area contributed by atoms with Gasteiger partial charge in [0.05, 0.1) is 18.1 Å². The molecule has 2 N–H and O–H groups in total. The van der Waals surface area contributed by atoms with E-state index in [0.717, 1.165) is 12.8 Å². The van der Waals surface area contributed by atoms with Crippen molar-refractivity contribution in [2.75, 3.05) is 6.61 Å². The number of aliphatic hydroxyl groups excluding tert-OH is 1. The molecule has 2 rings (SSSR count). The van der Waals surface area contributed by atoms with Gasteiger partial charge in [-0.1, -0.05) is 13.3 Å². The zero-order valence-electron chi connectivity index (χ0n) is 11.8. The van der Waals surface area contributed by atoms with Crippen LogP contribution in [0, 0.1) is 5.92 Å². The van der Waals surface area contributed by atoms with Crippen LogP contribution in [0.1, 0.15) is 32.3 Å². The van der Waals surface area contributed by atoms with Gasteiger partial charge in [0.1, 0.15) is 5.75 Å². The van der Waals surface area contributed by atoms with Gasteiger partial charge < -0.3 is 9.84 Å². The number of ether oxygens (including phenoxy) is 1. The fraction of sp³-hybridized carbons (Fsp3) is 0.571. The lowest BCUT2D eigenvalue weighted by molar-refractivity contribution is 0.266. The van der Waals surface area contributed by atoms with Crippen LogP contribution in [0.3, 0.4) is 0 Å². The Balaban J connectivity index is 2.19. The Kier molecular flexibility index (Phi) is 4.67. The van der Waals surface area contributed by atoms with Crippen LogP contribution in [0.25, 0.3) is 0 Å². The second-order valence-corrected chi connectivity index (χ2v) is 6.71. The number of hydrogen-bond acceptors (Lipinski definition) is 4. The average molecular weight is 299 g/mol. The lowest BCUT2D eigenvalue weighted by Crippen LogP contribution is -2.27. The minimum absolute atomic E-state index is 0.0501. The van der Waals surface area contributed by atoms with Crippen molar-refractivity contribution in [3.05, 3.63) is 23.8 Å². The summed E-state index contributed by atoms with van der Waals surface area (Å²) < 4.78 is 32.5. The highest BCUT2D eigenvalue weighted by atomic mass is 32.2. The maximum atomic E-state index is 12.2. The molecule has 1 aliphatic carbocycles. The third-order valence-corrected chi connectivity index (χ3v) is 5.05. The highest BCUT2D eigenvalue weighted by molar-refractivity contribution is 7.89. The van der Waals surface area contributed by atoms with E-state index in [2.05, 4.69) is 11.6 Å². The van der Waals surface area contributed by atoms with Crippen molar-refractivity contribution in [3.63, 3.8) is 0 Å². The van der Waals surface area contributed by atoms with Gasteiger partial charge in [-0.15, -0.1) is 0 Å². The molecule has 0 aliphatic heterocycles. The molecule has 5 nitrogen and oxygen atoms in total. The van der Waals surface area contributed by atoms with Crippen LogP contribution < -0.4 is 9.46 Å². The standard InChI is InChI=1S/C14H21NO4S/c1-3-10-8-13(10)15-20(17,18)12-5-6-14(19-4-2)11(7-12)9-16/h5-7,10,13,15-16H,3-4,8-9H2,1-2H3. The van der Waals surface area contributed by atoms with Gasteiger partial charge in [0.25, 0.3) is 0 Å². The summed E-state index contributed by atoms with van der Waals surface area (Å²) >= 11 is 0. The molecular weight excluding hydrogens is 278 g/mol. The largest absolute Gasteiger partial charge is 0.494 e. The summed E-state index contributed by atoms with van der Waals surface area (Å²) in [5.41, 5.74) is 0.484. The molecule has 1 aromatic carbocycles. The van der Waals surface area contributed by atoms with Crippen LogP contribution in [0.2, 0.25) is 0 Å². The molecular formula is C14H21NO4S. The predicted molar refractivity (Wildman–Crippen MR) is 76.0 cm³/mol. The second-order valence-electron chi connectivity index (χ2n) is 4.99. The molecule has 1 fully saturated rings. The summed E-state index contributed by atoms with van der Waals surface area (Å²) in [5.74, 6) is 0.969. The van der Waals surface area contributed by atoms with Crippen molar-refractivity contribution in [2.45, 2.75) is 44.2 Å². The van der Waals surface area contributed by atoms with Gasteiger partial charge in [0, 0.05) is 11.6 Å². The van der Waals surface area contributed by atoms with E-state index >= 15 is 0 Å². The molecule has 6 heteroatoms. The van der Waals surface area contributed by atoms with Crippen molar-refractivity contribution in [3.8, 4) is 5.75 Å². The van der Waals surface area contributed by atoms with Crippen molar-refractivity contribution in [1.29, 1.82) is 0 Å². The molecule has 0 spiro atoms. The molecule has 0 bridgehead atoms. The second kappa shape index (κ2) is 6.11. The van der Waals surface area contributed by atoms with Crippen molar-refractivity contribution < 1.29 is 18.3 Å². The Morgan fingerprint density at radius 2 is 2.15 bits per heavy atom. The van der Waals surface area contributed by atoms with Gasteiger partial charge in [0.2, 0.25) is 10.0 Å². The molecule has 2 atom stereocenters. The van der Waals surface area contributed by atoms with Gasteiger partial charge >= 0.3 is 0 Å². The molecule has 0 amide bonds. The molecule has 2 unspecified atom stereocenters. The zero-order valence-corrected chi connectivity index (χ0v) is 12.6. The van der Waals surface area contributed by atoms with E-state index in [9.17, 15) is 13.5 Å². The van der Waals surface area contributed by atoms with Crippen LogP contribution >= 0.6 is 0 Å². The van der Waals surface area contributed by atoms with Crippen LogP contribution in [0.15, 0.2) is 23.1 Å². The number of hydrogen-bond donors (Lipinski definition) is 2. The number of rotatable bonds is 7. The van der Waals surface area contributed by atoms with Gasteiger partial charge in [-0.05, 0) is 37.5 Å². The van der Waals surface area contributed by atoms with Gasteiger partial charge in [0.15, 0.2) is 0 Å². The first kappa shape index (κ1) is 15.3. The Hall–Kier alpha value is -1.11. The molecule has 0 radical (unpaired) electrons. The van der Waals surface area contributed by atoms with Crippen LogP contribution in [-0.4, -0.2) is 26.2 Å². The van der Waals surface area contributed by atoms with E-state index in [1.807, 2.05) is 6.92 Å². The highest BCUT2D eigenvalue weighted by Crippen LogP contribution is 2.34. The van der Waals surface area contributed by atoms with E-state index in [1.165, 1.54) is 12.1 Å². The fourth-order valence-corrected chi connectivity index (χ4v) is 3.62. The van der Waals surface area contributed by atoms with Gasteiger partial charge in [-0.2, -0.15) is 0 Å². The van der Waals surface area contributed by atoms with Crippen LogP contribution in [-0.2, 0) is 16.6 Å². The molecule has 1 aliphatic rings. The monoisotopic (exact) mass is 299 g/mol. The molecule has 0 aromatic heterocycles. The minimum Gasteiger partial charge on any atom is -0.494 e. The van der Waals surface area contributed by atoms with Gasteiger partial charge in [-0.3, -0.25) is 0 Å². The molecule has 20 heavy (non-hydrogen) atoms. The summed E-state index contributed by atoms with van der Waals surface area (Å²) in [4.78, 5) is 0.173. The third-order valence-electron chi connectivity index (χ3n) is 3.57. The number of benzene rings is 1. The molecule has 0 heterocycles. The van der Waals surface area contributed by atoms with E-state index < -0.39 is 10.0 Å². The third kappa shape index (κ3) is 3.31. The van der Waals surface area contributed by atoms with E-state index in [0.29, 0.717) is 23.8 Å². The first-order valence-corrected chi connectivity index (χ1v) is 8.39. The Morgan fingerprint density at radius 1 is 1.40 bits per heavy atom. The fourth-order valence-electron chi connectivity index (χ4n) is 2.25. The Bertz CT molecular complexity index is 571. The smallest absolute Gasteiger partial charge is 0.240 e. The summed E-state index contributed by atoms with van der Waals surface area (Å²) in [5, 5.41) is 9.31. The van der Waals surface area contributed by atoms with Gasteiger partial charge in [-0.25, -0.2) is 13.1 Å². The normalized spacial score (nSPS) is 21.8. The van der Waals surface area contributed by atoms with E-state index in [4.69, 9.17) is 4.74 Å². The quantitative estimate of drug-likeness (QED) is 0.803. The first-order valence-electron chi connectivity index (χ1n) is 6.90. The molecule has 1 saturated carbocycles. The maximum Gasteiger partial charge on any atom is 0.240 e. The van der Waals surface area contributed by atoms with Crippen molar-refractivity contribution >= 4 is 10.0 Å². The van der Waals surface area contributed by atoms with Crippen LogP contribution in [0.5, 0.6) is 5.75 Å². The van der Waals surface area contributed by atoms with E-state index in [-0.39, 0.29) is 17.5 Å². The summed E-state index contributed by atoms with van der Waals surface area (Å²) in [6.07, 6.45) is 1.89. The lowest BCUT2D eigenvalue weighted by Gasteiger charge is -2.11.